The largest absolute Gasteiger partial charge is 0.433 e. The van der Waals surface area contributed by atoms with Gasteiger partial charge in [-0.1, -0.05) is 24.3 Å². The Balaban J connectivity index is 1.83. The average Bonchev–Trinajstić information content (AvgIpc) is 3.01. The third kappa shape index (κ3) is 5.36. The molecule has 1 aromatic carbocycles. The first-order valence-corrected chi connectivity index (χ1v) is 7.37. The van der Waals surface area contributed by atoms with Crippen molar-refractivity contribution in [3.05, 3.63) is 69.5 Å². The van der Waals surface area contributed by atoms with Gasteiger partial charge in [-0.25, -0.2) is 0 Å². The summed E-state index contributed by atoms with van der Waals surface area (Å²) in [6, 6.07) is 10.7. The maximum Gasteiger partial charge on any atom is 0.433 e. The van der Waals surface area contributed by atoms with Gasteiger partial charge in [0.15, 0.2) is 0 Å². The van der Waals surface area contributed by atoms with Crippen LogP contribution in [0.3, 0.4) is 0 Å². The molecule has 0 unspecified atom stereocenters. The Labute approximate surface area is 139 Å². The quantitative estimate of drug-likeness (QED) is 0.479. The van der Waals surface area contributed by atoms with Crippen LogP contribution in [0.2, 0.25) is 0 Å². The lowest BCUT2D eigenvalue weighted by molar-refractivity contribution is -0.402. The topological polar surface area (TPSA) is 88.6 Å². The molecule has 1 heterocycles. The molecule has 0 bridgehead atoms. The number of nitrogens with zero attached hydrogens (tertiary/aromatic N) is 2. The number of carbonyl (C=O) groups excluding carboxylic acids is 1. The first-order chi connectivity index (χ1) is 11.4. The monoisotopic (exact) mass is 329 g/mol. The molecule has 0 atom stereocenters. The second-order valence-corrected chi connectivity index (χ2v) is 5.54. The Morgan fingerprint density at radius 2 is 1.88 bits per heavy atom. The lowest BCUT2D eigenvalue weighted by atomic mass is 10.1. The highest BCUT2D eigenvalue weighted by Gasteiger charge is 2.10. The number of amides is 1. The molecule has 0 spiro atoms. The predicted octanol–water partition coefficient (Wildman–Crippen LogP) is 2.58. The van der Waals surface area contributed by atoms with Crippen LogP contribution in [0, 0.1) is 10.1 Å². The van der Waals surface area contributed by atoms with E-state index in [2.05, 4.69) is 10.2 Å². The zero-order valence-corrected chi connectivity index (χ0v) is 13.6. The molecular weight excluding hydrogens is 310 g/mol. The van der Waals surface area contributed by atoms with E-state index in [4.69, 9.17) is 4.42 Å². The number of furan rings is 1. The SMILES string of the molecule is CN(C)Cc1ccc(CNC(=O)/C=C/c2ccc([N+](=O)[O-])o2)cc1. The second kappa shape index (κ2) is 8.07. The van der Waals surface area contributed by atoms with E-state index in [1.54, 1.807) is 0 Å². The molecule has 7 heteroatoms. The fourth-order valence-electron chi connectivity index (χ4n) is 2.06. The minimum Gasteiger partial charge on any atom is -0.401 e. The maximum atomic E-state index is 11.8. The Morgan fingerprint density at radius 1 is 1.21 bits per heavy atom. The van der Waals surface area contributed by atoms with Gasteiger partial charge in [0.25, 0.3) is 0 Å². The highest BCUT2D eigenvalue weighted by Crippen LogP contribution is 2.16. The molecule has 0 fully saturated rings. The van der Waals surface area contributed by atoms with Crippen LogP contribution in [0.5, 0.6) is 0 Å². The Hall–Kier alpha value is -2.93. The van der Waals surface area contributed by atoms with Gasteiger partial charge in [-0.3, -0.25) is 14.9 Å². The number of hydrogen-bond donors (Lipinski definition) is 1. The lowest BCUT2D eigenvalue weighted by Gasteiger charge is -2.10. The van der Waals surface area contributed by atoms with Crippen molar-refractivity contribution in [1.82, 2.24) is 10.2 Å². The van der Waals surface area contributed by atoms with Gasteiger partial charge in [-0.05, 0) is 37.4 Å². The van der Waals surface area contributed by atoms with Crippen molar-refractivity contribution in [3.8, 4) is 0 Å². The van der Waals surface area contributed by atoms with E-state index in [-0.39, 0.29) is 17.6 Å². The van der Waals surface area contributed by atoms with Crippen molar-refractivity contribution in [2.24, 2.45) is 0 Å². The van der Waals surface area contributed by atoms with Crippen LogP contribution < -0.4 is 5.32 Å². The molecule has 1 amide bonds. The molecule has 1 N–H and O–H groups in total. The van der Waals surface area contributed by atoms with Crippen LogP contribution in [0.15, 0.2) is 46.9 Å². The number of rotatable bonds is 7. The normalized spacial score (nSPS) is 11.1. The fraction of sp³-hybridized carbons (Fsp3) is 0.235. The van der Waals surface area contributed by atoms with Crippen molar-refractivity contribution < 1.29 is 14.1 Å². The van der Waals surface area contributed by atoms with Gasteiger partial charge >= 0.3 is 5.88 Å². The van der Waals surface area contributed by atoms with Gasteiger partial charge in [0, 0.05) is 19.2 Å². The summed E-state index contributed by atoms with van der Waals surface area (Å²) in [6.45, 7) is 1.27. The summed E-state index contributed by atoms with van der Waals surface area (Å²) in [6.07, 6.45) is 2.67. The van der Waals surface area contributed by atoms with E-state index in [0.29, 0.717) is 6.54 Å². The molecular formula is C17H19N3O4. The van der Waals surface area contributed by atoms with E-state index in [1.807, 2.05) is 38.4 Å². The van der Waals surface area contributed by atoms with Crippen LogP contribution in [0.4, 0.5) is 5.88 Å². The fourth-order valence-corrected chi connectivity index (χ4v) is 2.06. The Kier molecular flexibility index (Phi) is 5.86. The van der Waals surface area contributed by atoms with Gasteiger partial charge < -0.3 is 14.6 Å². The summed E-state index contributed by atoms with van der Waals surface area (Å²) in [7, 11) is 4.02. The van der Waals surface area contributed by atoms with Crippen molar-refractivity contribution in [2.45, 2.75) is 13.1 Å². The van der Waals surface area contributed by atoms with Gasteiger partial charge in [-0.15, -0.1) is 0 Å². The van der Waals surface area contributed by atoms with Crippen molar-refractivity contribution >= 4 is 17.9 Å². The van der Waals surface area contributed by atoms with Crippen LogP contribution in [0.25, 0.3) is 6.08 Å². The van der Waals surface area contributed by atoms with Crippen LogP contribution >= 0.6 is 0 Å². The molecule has 7 nitrogen and oxygen atoms in total. The van der Waals surface area contributed by atoms with E-state index in [0.717, 1.165) is 12.1 Å². The zero-order valence-electron chi connectivity index (χ0n) is 13.6. The summed E-state index contributed by atoms with van der Waals surface area (Å²) in [4.78, 5) is 23.7. The molecule has 0 aliphatic rings. The summed E-state index contributed by atoms with van der Waals surface area (Å²) >= 11 is 0. The Bertz CT molecular complexity index is 733. The van der Waals surface area contributed by atoms with E-state index in [9.17, 15) is 14.9 Å². The molecule has 24 heavy (non-hydrogen) atoms. The second-order valence-electron chi connectivity index (χ2n) is 5.54. The molecule has 0 saturated heterocycles. The summed E-state index contributed by atoms with van der Waals surface area (Å²) in [5.41, 5.74) is 2.20. The highest BCUT2D eigenvalue weighted by atomic mass is 16.6. The molecule has 0 saturated carbocycles. The van der Waals surface area contributed by atoms with E-state index >= 15 is 0 Å². The maximum absolute atomic E-state index is 11.8. The van der Waals surface area contributed by atoms with Gasteiger partial charge in [0.05, 0.1) is 6.07 Å². The molecule has 2 rings (SSSR count). The van der Waals surface area contributed by atoms with E-state index < -0.39 is 4.92 Å². The zero-order chi connectivity index (χ0) is 17.5. The standard InChI is InChI=1S/C17H19N3O4/c1-19(2)12-14-5-3-13(4-6-14)11-18-16(21)9-7-15-8-10-17(24-15)20(22)23/h3-10H,11-12H2,1-2H3,(H,18,21)/b9-7+. The number of benzene rings is 1. The number of carbonyl (C=O) groups is 1. The first kappa shape index (κ1) is 17.4. The molecule has 0 aliphatic carbocycles. The van der Waals surface area contributed by atoms with Crippen LogP contribution in [-0.2, 0) is 17.9 Å². The summed E-state index contributed by atoms with van der Waals surface area (Å²) < 4.78 is 4.93. The van der Waals surface area contributed by atoms with Gasteiger partial charge in [0.1, 0.15) is 10.7 Å². The van der Waals surface area contributed by atoms with Crippen LogP contribution in [-0.4, -0.2) is 29.8 Å². The van der Waals surface area contributed by atoms with Crippen molar-refractivity contribution in [1.29, 1.82) is 0 Å². The minimum absolute atomic E-state index is 0.255. The third-order valence-corrected chi connectivity index (χ3v) is 3.18. The highest BCUT2D eigenvalue weighted by molar-refractivity contribution is 5.91. The number of nitro groups is 1. The van der Waals surface area contributed by atoms with Gasteiger partial charge in [-0.2, -0.15) is 0 Å². The van der Waals surface area contributed by atoms with Gasteiger partial charge in [0.2, 0.25) is 5.91 Å². The number of hydrogen-bond acceptors (Lipinski definition) is 5. The lowest BCUT2D eigenvalue weighted by Crippen LogP contribution is -2.20. The molecule has 2 aromatic rings. The summed E-state index contributed by atoms with van der Waals surface area (Å²) in [5, 5.41) is 13.2. The Morgan fingerprint density at radius 3 is 2.46 bits per heavy atom. The minimum atomic E-state index is -0.628. The van der Waals surface area contributed by atoms with Crippen LogP contribution in [0.1, 0.15) is 16.9 Å². The summed E-state index contributed by atoms with van der Waals surface area (Å²) in [5.74, 6) is -0.399. The molecule has 0 aliphatic heterocycles. The van der Waals surface area contributed by atoms with Crippen molar-refractivity contribution in [3.63, 3.8) is 0 Å². The smallest absolute Gasteiger partial charge is 0.401 e. The average molecular weight is 329 g/mol. The first-order valence-electron chi connectivity index (χ1n) is 7.37. The molecule has 1 aromatic heterocycles. The molecule has 0 radical (unpaired) electrons. The van der Waals surface area contributed by atoms with E-state index in [1.165, 1.54) is 29.8 Å². The third-order valence-electron chi connectivity index (χ3n) is 3.18. The number of nitrogens with one attached hydrogen (secondary N) is 1. The predicted molar refractivity (Wildman–Crippen MR) is 90.1 cm³/mol. The van der Waals surface area contributed by atoms with Crippen molar-refractivity contribution in [2.75, 3.05) is 14.1 Å². The molecule has 126 valence electrons.